The number of aliphatic carboxylic acids is 1. The molecule has 2 aliphatic heterocycles. The average molecular weight is 307 g/mol. The van der Waals surface area contributed by atoms with Crippen LogP contribution in [0.3, 0.4) is 0 Å². The summed E-state index contributed by atoms with van der Waals surface area (Å²) in [4.78, 5) is 26.6. The van der Waals surface area contributed by atoms with Gasteiger partial charge in [-0.2, -0.15) is 0 Å². The Balaban J connectivity index is 1.96. The third kappa shape index (κ3) is 2.13. The Kier molecular flexibility index (Phi) is 3.18. The van der Waals surface area contributed by atoms with Crippen LogP contribution in [0.4, 0.5) is 0 Å². The largest absolute Gasteiger partial charge is 0.481 e. The van der Waals surface area contributed by atoms with Crippen molar-refractivity contribution in [3.8, 4) is 0 Å². The first-order valence-electron chi connectivity index (χ1n) is 7.84. The van der Waals surface area contributed by atoms with Crippen molar-refractivity contribution >= 4 is 11.9 Å². The van der Waals surface area contributed by atoms with Crippen LogP contribution in [-0.2, 0) is 22.4 Å². The standard InChI is InChI=1S/C19H17NO3/c21-16-11-13-6-2-3-7-14(13)17(19(22)23)18-15-8-4-1-5-12(15)9-10-20(16)18/h1-8,17-18H,9-11H2,(H,22,23)/t17-,18-/m1/s1. The van der Waals surface area contributed by atoms with Crippen LogP contribution >= 0.6 is 0 Å². The van der Waals surface area contributed by atoms with Gasteiger partial charge in [-0.05, 0) is 28.7 Å². The summed E-state index contributed by atoms with van der Waals surface area (Å²) in [5, 5.41) is 9.92. The van der Waals surface area contributed by atoms with Crippen molar-refractivity contribution < 1.29 is 14.7 Å². The molecule has 0 unspecified atom stereocenters. The lowest BCUT2D eigenvalue weighted by Gasteiger charge is -2.39. The summed E-state index contributed by atoms with van der Waals surface area (Å²) in [6.07, 6.45) is 1.06. The number of rotatable bonds is 1. The first-order chi connectivity index (χ1) is 11.2. The summed E-state index contributed by atoms with van der Waals surface area (Å²) >= 11 is 0. The Morgan fingerprint density at radius 2 is 1.65 bits per heavy atom. The zero-order valence-electron chi connectivity index (χ0n) is 12.6. The van der Waals surface area contributed by atoms with Crippen LogP contribution in [-0.4, -0.2) is 28.4 Å². The average Bonchev–Trinajstić information content (AvgIpc) is 2.68. The third-order valence-electron chi connectivity index (χ3n) is 4.97. The number of carbonyl (C=O) groups excluding carboxylic acids is 1. The Bertz CT molecular complexity index is 799. The van der Waals surface area contributed by atoms with E-state index >= 15 is 0 Å². The van der Waals surface area contributed by atoms with E-state index < -0.39 is 17.9 Å². The second-order valence-electron chi connectivity index (χ2n) is 6.17. The molecule has 23 heavy (non-hydrogen) atoms. The van der Waals surface area contributed by atoms with Crippen LogP contribution in [0.1, 0.15) is 34.2 Å². The highest BCUT2D eigenvalue weighted by molar-refractivity contribution is 5.86. The van der Waals surface area contributed by atoms with Gasteiger partial charge in [-0.15, -0.1) is 0 Å². The third-order valence-corrected chi connectivity index (χ3v) is 4.97. The van der Waals surface area contributed by atoms with Crippen LogP contribution in [0.5, 0.6) is 0 Å². The highest BCUT2D eigenvalue weighted by Crippen LogP contribution is 2.43. The van der Waals surface area contributed by atoms with Gasteiger partial charge >= 0.3 is 5.97 Å². The van der Waals surface area contributed by atoms with Gasteiger partial charge in [0.25, 0.3) is 0 Å². The number of carbonyl (C=O) groups is 2. The molecule has 4 heteroatoms. The van der Waals surface area contributed by atoms with Gasteiger partial charge in [-0.25, -0.2) is 0 Å². The van der Waals surface area contributed by atoms with E-state index in [0.717, 1.165) is 28.7 Å². The summed E-state index contributed by atoms with van der Waals surface area (Å²) in [6.45, 7) is 0.582. The summed E-state index contributed by atoms with van der Waals surface area (Å²) < 4.78 is 0. The number of carboxylic acids is 1. The van der Waals surface area contributed by atoms with E-state index in [4.69, 9.17) is 0 Å². The lowest BCUT2D eigenvalue weighted by Crippen LogP contribution is -2.43. The minimum absolute atomic E-state index is 0.0145. The Morgan fingerprint density at radius 1 is 1.00 bits per heavy atom. The highest BCUT2D eigenvalue weighted by atomic mass is 16.4. The molecular weight excluding hydrogens is 290 g/mol. The summed E-state index contributed by atoms with van der Waals surface area (Å²) in [7, 11) is 0. The van der Waals surface area contributed by atoms with Gasteiger partial charge in [0.2, 0.25) is 5.91 Å². The van der Waals surface area contributed by atoms with E-state index in [1.165, 1.54) is 0 Å². The van der Waals surface area contributed by atoms with Gasteiger partial charge in [0.05, 0.1) is 12.5 Å². The number of amides is 1. The summed E-state index contributed by atoms with van der Waals surface area (Å²) in [5.74, 6) is -1.58. The van der Waals surface area contributed by atoms with Crippen LogP contribution in [0, 0.1) is 0 Å². The Hall–Kier alpha value is -2.62. The zero-order valence-corrected chi connectivity index (χ0v) is 12.6. The SMILES string of the molecule is O=C(O)[C@@H]1c2ccccc2CC(=O)N2CCc3ccccc3[C@H]12. The van der Waals surface area contributed by atoms with Crippen molar-refractivity contribution in [3.63, 3.8) is 0 Å². The van der Waals surface area contributed by atoms with Gasteiger partial charge in [0.15, 0.2) is 0 Å². The van der Waals surface area contributed by atoms with E-state index in [-0.39, 0.29) is 12.3 Å². The molecule has 0 aliphatic carbocycles. The molecule has 116 valence electrons. The molecule has 1 N–H and O–H groups in total. The maximum atomic E-state index is 12.7. The predicted octanol–water partition coefficient (Wildman–Crippen LogP) is 2.54. The molecule has 0 spiro atoms. The van der Waals surface area contributed by atoms with E-state index in [1.54, 1.807) is 4.90 Å². The molecule has 4 rings (SSSR count). The summed E-state index contributed by atoms with van der Waals surface area (Å²) in [5.41, 5.74) is 3.71. The number of fused-ring (bicyclic) bond motifs is 4. The van der Waals surface area contributed by atoms with Gasteiger partial charge in [0.1, 0.15) is 5.92 Å². The topological polar surface area (TPSA) is 57.6 Å². The van der Waals surface area contributed by atoms with Crippen LogP contribution in [0.2, 0.25) is 0 Å². The fraction of sp³-hybridized carbons (Fsp3) is 0.263. The first kappa shape index (κ1) is 14.0. The lowest BCUT2D eigenvalue weighted by molar-refractivity contribution is -0.143. The van der Waals surface area contributed by atoms with Gasteiger partial charge < -0.3 is 10.0 Å². The Morgan fingerprint density at radius 3 is 2.39 bits per heavy atom. The quantitative estimate of drug-likeness (QED) is 0.881. The second kappa shape index (κ2) is 5.23. The van der Waals surface area contributed by atoms with Crippen molar-refractivity contribution in [3.05, 3.63) is 70.8 Å². The van der Waals surface area contributed by atoms with E-state index in [9.17, 15) is 14.7 Å². The minimum Gasteiger partial charge on any atom is -0.481 e. The monoisotopic (exact) mass is 307 g/mol. The molecule has 0 aromatic heterocycles. The van der Waals surface area contributed by atoms with Crippen LogP contribution < -0.4 is 0 Å². The zero-order chi connectivity index (χ0) is 16.0. The lowest BCUT2D eigenvalue weighted by atomic mass is 9.81. The molecule has 0 fully saturated rings. The number of carboxylic acid groups (broad SMARTS) is 1. The number of hydrogen-bond donors (Lipinski definition) is 1. The molecule has 4 nitrogen and oxygen atoms in total. The minimum atomic E-state index is -0.876. The van der Waals surface area contributed by atoms with E-state index in [2.05, 4.69) is 0 Å². The van der Waals surface area contributed by atoms with Gasteiger partial charge in [-0.1, -0.05) is 48.5 Å². The van der Waals surface area contributed by atoms with Crippen molar-refractivity contribution in [1.29, 1.82) is 0 Å². The fourth-order valence-electron chi connectivity index (χ4n) is 3.94. The van der Waals surface area contributed by atoms with Crippen molar-refractivity contribution in [1.82, 2.24) is 4.90 Å². The molecule has 0 saturated carbocycles. The maximum Gasteiger partial charge on any atom is 0.313 e. The van der Waals surface area contributed by atoms with E-state index in [0.29, 0.717) is 6.54 Å². The maximum absolute atomic E-state index is 12.7. The van der Waals surface area contributed by atoms with Crippen molar-refractivity contribution in [2.45, 2.75) is 24.8 Å². The van der Waals surface area contributed by atoms with Crippen LogP contribution in [0.25, 0.3) is 0 Å². The number of benzene rings is 2. The molecule has 2 aliphatic rings. The normalized spacial score (nSPS) is 22.6. The van der Waals surface area contributed by atoms with Gasteiger partial charge in [0, 0.05) is 6.54 Å². The molecule has 2 atom stereocenters. The number of nitrogens with zero attached hydrogens (tertiary/aromatic N) is 1. The summed E-state index contributed by atoms with van der Waals surface area (Å²) in [6, 6.07) is 14.9. The smallest absolute Gasteiger partial charge is 0.313 e. The highest BCUT2D eigenvalue weighted by Gasteiger charge is 2.43. The molecule has 0 radical (unpaired) electrons. The molecule has 2 aromatic rings. The van der Waals surface area contributed by atoms with Crippen molar-refractivity contribution in [2.75, 3.05) is 6.54 Å². The Labute approximate surface area is 134 Å². The predicted molar refractivity (Wildman–Crippen MR) is 85.1 cm³/mol. The molecule has 0 bridgehead atoms. The van der Waals surface area contributed by atoms with Crippen LogP contribution in [0.15, 0.2) is 48.5 Å². The molecule has 2 heterocycles. The molecule has 2 aromatic carbocycles. The molecule has 0 saturated heterocycles. The molecular formula is C19H17NO3. The first-order valence-corrected chi connectivity index (χ1v) is 7.84. The second-order valence-corrected chi connectivity index (χ2v) is 6.17. The van der Waals surface area contributed by atoms with Gasteiger partial charge in [-0.3, -0.25) is 9.59 Å². The van der Waals surface area contributed by atoms with Crippen molar-refractivity contribution in [2.24, 2.45) is 0 Å². The fourth-order valence-corrected chi connectivity index (χ4v) is 3.94. The number of hydrogen-bond acceptors (Lipinski definition) is 2. The molecule has 1 amide bonds. The van der Waals surface area contributed by atoms with E-state index in [1.807, 2.05) is 48.5 Å².